The minimum Gasteiger partial charge on any atom is -0.462 e. The number of carbonyl (C=O) groups is 1. The van der Waals surface area contributed by atoms with Crippen LogP contribution in [0.3, 0.4) is 0 Å². The summed E-state index contributed by atoms with van der Waals surface area (Å²) in [6, 6.07) is 0. The number of ether oxygens (including phenoxy) is 1. The molecule has 0 rings (SSSR count). The van der Waals surface area contributed by atoms with Crippen molar-refractivity contribution in [2.45, 2.75) is 120 Å². The minimum absolute atomic E-state index is 0.261. The summed E-state index contributed by atoms with van der Waals surface area (Å²) in [7, 11) is 0.862. The maximum atomic E-state index is 11.2. The largest absolute Gasteiger partial charge is 0.462 e. The second kappa shape index (κ2) is 19.0. The quantitative estimate of drug-likeness (QED) is 0.0641. The molecule has 0 unspecified atom stereocenters. The van der Waals surface area contributed by atoms with E-state index in [1.54, 1.807) is 6.92 Å². The summed E-state index contributed by atoms with van der Waals surface area (Å²) in [6.07, 6.45) is 21.9. The van der Waals surface area contributed by atoms with Crippen LogP contribution in [-0.4, -0.2) is 26.8 Å². The Morgan fingerprint density at radius 1 is 0.750 bits per heavy atom. The minimum atomic E-state index is -0.402. The third-order valence-electron chi connectivity index (χ3n) is 5.09. The molecule has 0 atom stereocenters. The van der Waals surface area contributed by atoms with Crippen LogP contribution in [0.4, 0.5) is 0 Å². The first-order valence-corrected chi connectivity index (χ1v) is 13.3. The zero-order valence-corrected chi connectivity index (χ0v) is 22.0. The van der Waals surface area contributed by atoms with Crippen molar-refractivity contribution in [1.29, 1.82) is 0 Å². The second-order valence-electron chi connectivity index (χ2n) is 8.39. The molecular formula is C23H44Cl2O2Si. The molecule has 0 aliphatic carbocycles. The smallest absolute Gasteiger partial charge is 0.333 e. The highest BCUT2D eigenvalue weighted by molar-refractivity contribution is 6.65. The van der Waals surface area contributed by atoms with Gasteiger partial charge in [0.05, 0.1) is 10.6 Å². The van der Waals surface area contributed by atoms with Gasteiger partial charge in [-0.2, -0.15) is 0 Å². The van der Waals surface area contributed by atoms with Crippen molar-refractivity contribution in [1.82, 2.24) is 0 Å². The first-order valence-electron chi connectivity index (χ1n) is 11.5. The van der Waals surface area contributed by atoms with Gasteiger partial charge in [-0.05, 0) is 19.8 Å². The predicted molar refractivity (Wildman–Crippen MR) is 129 cm³/mol. The molecule has 0 fully saturated rings. The lowest BCUT2D eigenvalue weighted by Crippen LogP contribution is -2.11. The zero-order valence-electron chi connectivity index (χ0n) is 18.5. The van der Waals surface area contributed by atoms with E-state index >= 15 is 0 Å². The number of hydrogen-bond acceptors (Lipinski definition) is 2. The van der Waals surface area contributed by atoms with Gasteiger partial charge in [0.25, 0.3) is 0 Å². The Labute approximate surface area is 187 Å². The lowest BCUT2D eigenvalue weighted by atomic mass is 10.0. The van der Waals surface area contributed by atoms with Gasteiger partial charge in [-0.15, -0.1) is 23.2 Å². The highest BCUT2D eigenvalue weighted by atomic mass is 35.5. The highest BCUT2D eigenvalue weighted by Gasteiger charge is 2.14. The zero-order chi connectivity index (χ0) is 21.1. The van der Waals surface area contributed by atoms with E-state index in [9.17, 15) is 4.79 Å². The maximum Gasteiger partial charge on any atom is 0.333 e. The third kappa shape index (κ3) is 22.3. The number of carbonyl (C=O) groups excluding carboxylic acids is 1. The van der Waals surface area contributed by atoms with Crippen LogP contribution in [0.2, 0.25) is 0 Å². The summed E-state index contributed by atoms with van der Waals surface area (Å²) in [5.74, 6) is -0.261. The molecule has 0 aromatic heterocycles. The molecule has 2 nitrogen and oxygen atoms in total. The van der Waals surface area contributed by atoms with Crippen LogP contribution in [0.1, 0.15) is 116 Å². The lowest BCUT2D eigenvalue weighted by Gasteiger charge is -2.12. The van der Waals surface area contributed by atoms with E-state index < -0.39 is 3.96 Å². The van der Waals surface area contributed by atoms with Gasteiger partial charge in [0.2, 0.25) is 0 Å². The molecule has 28 heavy (non-hydrogen) atoms. The number of alkyl halides is 2. The molecule has 0 saturated heterocycles. The van der Waals surface area contributed by atoms with Gasteiger partial charge >= 0.3 is 5.97 Å². The number of unbranched alkanes of at least 4 members (excludes halogenated alkanes) is 15. The Kier molecular flexibility index (Phi) is 19.0. The molecule has 0 radical (unpaired) electrons. The van der Waals surface area contributed by atoms with Gasteiger partial charge in [0, 0.05) is 15.8 Å². The van der Waals surface area contributed by atoms with Crippen molar-refractivity contribution >= 4 is 39.4 Å². The van der Waals surface area contributed by atoms with Crippen molar-refractivity contribution < 1.29 is 9.53 Å². The van der Waals surface area contributed by atoms with Gasteiger partial charge < -0.3 is 4.74 Å². The van der Waals surface area contributed by atoms with E-state index in [1.165, 1.54) is 89.9 Å². The normalized spacial score (nSPS) is 11.7. The Morgan fingerprint density at radius 3 is 1.39 bits per heavy atom. The van der Waals surface area contributed by atoms with Crippen molar-refractivity contribution in [3.63, 3.8) is 0 Å². The molecule has 0 amide bonds. The van der Waals surface area contributed by atoms with E-state index in [0.717, 1.165) is 29.5 Å². The molecule has 0 aliphatic rings. The molecule has 0 aromatic rings. The summed E-state index contributed by atoms with van der Waals surface area (Å²) >= 11 is 12.1. The van der Waals surface area contributed by atoms with Gasteiger partial charge in [-0.25, -0.2) is 4.79 Å². The fourth-order valence-corrected chi connectivity index (χ4v) is 3.92. The Morgan fingerprint density at radius 2 is 1.07 bits per heavy atom. The molecule has 0 saturated carbocycles. The monoisotopic (exact) mass is 450 g/mol. The molecule has 0 spiro atoms. The van der Waals surface area contributed by atoms with Crippen LogP contribution in [0.5, 0.6) is 0 Å². The molecule has 166 valence electrons. The van der Waals surface area contributed by atoms with Crippen molar-refractivity contribution in [3.05, 3.63) is 12.2 Å². The average Bonchev–Trinajstić information content (AvgIpc) is 2.62. The van der Waals surface area contributed by atoms with Gasteiger partial charge in [-0.3, -0.25) is 0 Å². The van der Waals surface area contributed by atoms with Crippen LogP contribution in [0.25, 0.3) is 0 Å². The van der Waals surface area contributed by atoms with Crippen LogP contribution < -0.4 is 0 Å². The molecule has 0 N–H and O–H groups in total. The lowest BCUT2D eigenvalue weighted by molar-refractivity contribution is -0.139. The fraction of sp³-hybridized carbons (Fsp3) is 0.870. The molecule has 0 aliphatic heterocycles. The van der Waals surface area contributed by atoms with Gasteiger partial charge in [-0.1, -0.05) is 103 Å². The molecular weight excluding hydrogens is 407 g/mol. The third-order valence-corrected chi connectivity index (χ3v) is 5.97. The maximum absolute atomic E-state index is 11.2. The fourth-order valence-electron chi connectivity index (χ4n) is 3.30. The summed E-state index contributed by atoms with van der Waals surface area (Å²) in [5, 5.41) is 0. The van der Waals surface area contributed by atoms with Gasteiger partial charge in [0.1, 0.15) is 0 Å². The molecule has 0 bridgehead atoms. The first-order chi connectivity index (χ1) is 13.3. The van der Waals surface area contributed by atoms with Crippen molar-refractivity contribution in [2.75, 3.05) is 6.61 Å². The Bertz CT molecular complexity index is 395. The summed E-state index contributed by atoms with van der Waals surface area (Å²) in [6.45, 7) is 5.80. The molecule has 0 aromatic carbocycles. The average molecular weight is 452 g/mol. The number of esters is 1. The SMILES string of the molecule is C=C(C)C(=O)OCCCCCCCCCCCCCCCCCCC([SiH3])(Cl)Cl. The highest BCUT2D eigenvalue weighted by Crippen LogP contribution is 2.24. The number of halogens is 2. The summed E-state index contributed by atoms with van der Waals surface area (Å²) in [5.41, 5.74) is 0.485. The molecule has 5 heteroatoms. The summed E-state index contributed by atoms with van der Waals surface area (Å²) < 4.78 is 4.69. The van der Waals surface area contributed by atoms with Crippen LogP contribution in [0.15, 0.2) is 12.2 Å². The first kappa shape index (κ1) is 28.0. The predicted octanol–water partition coefficient (Wildman–Crippen LogP) is 7.23. The van der Waals surface area contributed by atoms with Gasteiger partial charge in [0.15, 0.2) is 0 Å². The topological polar surface area (TPSA) is 26.3 Å². The van der Waals surface area contributed by atoms with Crippen LogP contribution in [-0.2, 0) is 9.53 Å². The van der Waals surface area contributed by atoms with Crippen molar-refractivity contribution in [3.8, 4) is 0 Å². The standard InChI is InChI=1S/C23H44Cl2O2Si/c1-21(2)22(26)27-20-18-16-14-12-10-8-6-4-3-5-7-9-11-13-15-17-19-23(24,25)28/h1,3-20H2,2,28H3. The Balaban J connectivity index is 3.10. The van der Waals surface area contributed by atoms with E-state index in [-0.39, 0.29) is 5.97 Å². The van der Waals surface area contributed by atoms with E-state index in [4.69, 9.17) is 27.9 Å². The summed E-state index contributed by atoms with van der Waals surface area (Å²) in [4.78, 5) is 11.2. The van der Waals surface area contributed by atoms with E-state index in [0.29, 0.717) is 12.2 Å². The van der Waals surface area contributed by atoms with Crippen LogP contribution >= 0.6 is 23.2 Å². The van der Waals surface area contributed by atoms with Crippen molar-refractivity contribution in [2.24, 2.45) is 0 Å². The second-order valence-corrected chi connectivity index (χ2v) is 13.2. The number of hydrogen-bond donors (Lipinski definition) is 0. The Hall–Kier alpha value is 0.00688. The van der Waals surface area contributed by atoms with E-state index in [2.05, 4.69) is 6.58 Å². The van der Waals surface area contributed by atoms with E-state index in [1.807, 2.05) is 0 Å². The number of rotatable bonds is 20. The van der Waals surface area contributed by atoms with Crippen LogP contribution in [0, 0.1) is 0 Å². The molecule has 0 heterocycles.